The molecule has 0 spiro atoms. The summed E-state index contributed by atoms with van der Waals surface area (Å²) >= 11 is 3.39. The van der Waals surface area contributed by atoms with Crippen molar-refractivity contribution in [3.05, 3.63) is 46.7 Å². The highest BCUT2D eigenvalue weighted by atomic mass is 79.9. The molecule has 1 saturated heterocycles. The second-order valence-electron chi connectivity index (χ2n) is 5.88. The van der Waals surface area contributed by atoms with Gasteiger partial charge < -0.3 is 9.64 Å². The molecule has 0 bridgehead atoms. The molecular formula is C17H20BrN3O2. The number of piperidine rings is 1. The molecule has 2 heterocycles. The summed E-state index contributed by atoms with van der Waals surface area (Å²) in [6.45, 7) is 2.81. The normalized spacial score (nSPS) is 21.4. The van der Waals surface area contributed by atoms with Crippen LogP contribution in [0.1, 0.15) is 30.1 Å². The third-order valence-corrected chi connectivity index (χ3v) is 4.74. The zero-order chi connectivity index (χ0) is 16.4. The van der Waals surface area contributed by atoms with Gasteiger partial charge in [-0.05, 0) is 53.9 Å². The predicted octanol–water partition coefficient (Wildman–Crippen LogP) is 3.27. The standard InChI is InChI=1S/C17H20BrN3O2/c1-12-8-16(23-2)6-7-20(12)17(22)13-4-3-5-15(9-13)21-11-14(18)10-19-21/h3-5,9-12,16H,6-8H2,1-2H3/t12-,16-/m0/s1. The van der Waals surface area contributed by atoms with Gasteiger partial charge in [0.2, 0.25) is 0 Å². The van der Waals surface area contributed by atoms with Crippen LogP contribution in [0.2, 0.25) is 0 Å². The number of nitrogens with zero attached hydrogens (tertiary/aromatic N) is 3. The summed E-state index contributed by atoms with van der Waals surface area (Å²) in [6, 6.07) is 7.77. The SMILES string of the molecule is CO[C@H]1CCN(C(=O)c2cccc(-n3cc(Br)cn3)c2)[C@@H](C)C1. The molecule has 0 N–H and O–H groups in total. The Balaban J connectivity index is 1.80. The van der Waals surface area contributed by atoms with Crippen LogP contribution in [-0.4, -0.2) is 46.4 Å². The Bertz CT molecular complexity index is 701. The molecule has 2 aromatic rings. The number of benzene rings is 1. The van der Waals surface area contributed by atoms with Crippen LogP contribution in [-0.2, 0) is 4.74 Å². The highest BCUT2D eigenvalue weighted by Gasteiger charge is 2.29. The fraction of sp³-hybridized carbons (Fsp3) is 0.412. The van der Waals surface area contributed by atoms with Crippen molar-refractivity contribution in [3.8, 4) is 5.69 Å². The van der Waals surface area contributed by atoms with E-state index in [0.29, 0.717) is 5.56 Å². The minimum Gasteiger partial charge on any atom is -0.381 e. The molecule has 1 aliphatic rings. The maximum atomic E-state index is 12.8. The lowest BCUT2D eigenvalue weighted by Crippen LogP contribution is -2.46. The predicted molar refractivity (Wildman–Crippen MR) is 91.8 cm³/mol. The van der Waals surface area contributed by atoms with Crippen LogP contribution in [0, 0.1) is 0 Å². The van der Waals surface area contributed by atoms with Gasteiger partial charge in [0.1, 0.15) is 0 Å². The number of hydrogen-bond donors (Lipinski definition) is 0. The monoisotopic (exact) mass is 377 g/mol. The third-order valence-electron chi connectivity index (χ3n) is 4.33. The van der Waals surface area contributed by atoms with E-state index in [0.717, 1.165) is 29.5 Å². The van der Waals surface area contributed by atoms with Gasteiger partial charge in [0.25, 0.3) is 5.91 Å². The molecule has 1 aromatic carbocycles. The molecule has 122 valence electrons. The summed E-state index contributed by atoms with van der Waals surface area (Å²) in [5.41, 5.74) is 1.57. The summed E-state index contributed by atoms with van der Waals surface area (Å²) in [4.78, 5) is 14.8. The van der Waals surface area contributed by atoms with Gasteiger partial charge in [0.15, 0.2) is 0 Å². The number of hydrogen-bond acceptors (Lipinski definition) is 3. The molecule has 5 nitrogen and oxygen atoms in total. The van der Waals surface area contributed by atoms with Gasteiger partial charge in [0.05, 0.1) is 22.5 Å². The van der Waals surface area contributed by atoms with E-state index in [9.17, 15) is 4.79 Å². The van der Waals surface area contributed by atoms with Crippen molar-refractivity contribution in [1.82, 2.24) is 14.7 Å². The Morgan fingerprint density at radius 3 is 2.91 bits per heavy atom. The van der Waals surface area contributed by atoms with Gasteiger partial charge in [-0.3, -0.25) is 4.79 Å². The Morgan fingerprint density at radius 1 is 1.43 bits per heavy atom. The number of rotatable bonds is 3. The van der Waals surface area contributed by atoms with Crippen molar-refractivity contribution in [2.45, 2.75) is 31.9 Å². The molecule has 23 heavy (non-hydrogen) atoms. The first-order valence-corrected chi connectivity index (χ1v) is 8.52. The number of aromatic nitrogens is 2. The number of ether oxygens (including phenoxy) is 1. The number of carbonyl (C=O) groups excluding carboxylic acids is 1. The summed E-state index contributed by atoms with van der Waals surface area (Å²) in [5.74, 6) is 0.0696. The topological polar surface area (TPSA) is 47.4 Å². The molecule has 1 aliphatic heterocycles. The van der Waals surface area contributed by atoms with Crippen molar-refractivity contribution in [2.75, 3.05) is 13.7 Å². The summed E-state index contributed by atoms with van der Waals surface area (Å²) in [6.07, 6.45) is 5.62. The molecule has 0 unspecified atom stereocenters. The first-order valence-electron chi connectivity index (χ1n) is 7.73. The quantitative estimate of drug-likeness (QED) is 0.824. The van der Waals surface area contributed by atoms with E-state index in [1.54, 1.807) is 18.0 Å². The van der Waals surface area contributed by atoms with Crippen LogP contribution in [0.15, 0.2) is 41.1 Å². The molecule has 0 radical (unpaired) electrons. The largest absolute Gasteiger partial charge is 0.381 e. The van der Waals surface area contributed by atoms with Crippen molar-refractivity contribution in [1.29, 1.82) is 0 Å². The fourth-order valence-electron chi connectivity index (χ4n) is 3.03. The van der Waals surface area contributed by atoms with Crippen LogP contribution >= 0.6 is 15.9 Å². The Labute approximate surface area is 144 Å². The lowest BCUT2D eigenvalue weighted by Gasteiger charge is -2.37. The molecule has 1 aromatic heterocycles. The molecule has 0 aliphatic carbocycles. The van der Waals surface area contributed by atoms with Crippen molar-refractivity contribution in [2.24, 2.45) is 0 Å². The van der Waals surface area contributed by atoms with Crippen LogP contribution in [0.3, 0.4) is 0 Å². The third kappa shape index (κ3) is 3.48. The molecule has 1 amide bonds. The van der Waals surface area contributed by atoms with E-state index < -0.39 is 0 Å². The highest BCUT2D eigenvalue weighted by Crippen LogP contribution is 2.22. The van der Waals surface area contributed by atoms with Gasteiger partial charge in [-0.25, -0.2) is 4.68 Å². The number of amides is 1. The number of halogens is 1. The molecular weight excluding hydrogens is 358 g/mol. The van der Waals surface area contributed by atoms with Gasteiger partial charge in [0, 0.05) is 31.5 Å². The lowest BCUT2D eigenvalue weighted by molar-refractivity contribution is 0.0160. The first-order chi connectivity index (χ1) is 11.1. The van der Waals surface area contributed by atoms with Crippen LogP contribution in [0.25, 0.3) is 5.69 Å². The molecule has 6 heteroatoms. The molecule has 3 rings (SSSR count). The Hall–Kier alpha value is -1.66. The Morgan fingerprint density at radius 2 is 2.26 bits per heavy atom. The lowest BCUT2D eigenvalue weighted by atomic mass is 9.99. The smallest absolute Gasteiger partial charge is 0.254 e. The van der Waals surface area contributed by atoms with Crippen molar-refractivity contribution < 1.29 is 9.53 Å². The van der Waals surface area contributed by atoms with E-state index in [1.807, 2.05) is 35.4 Å². The van der Waals surface area contributed by atoms with Crippen molar-refractivity contribution in [3.63, 3.8) is 0 Å². The zero-order valence-corrected chi connectivity index (χ0v) is 14.9. The average Bonchev–Trinajstić information content (AvgIpc) is 3.01. The summed E-state index contributed by atoms with van der Waals surface area (Å²) in [5, 5.41) is 4.26. The summed E-state index contributed by atoms with van der Waals surface area (Å²) < 4.78 is 8.08. The van der Waals surface area contributed by atoms with E-state index in [1.165, 1.54) is 0 Å². The second kappa shape index (κ2) is 6.84. The van der Waals surface area contributed by atoms with E-state index in [-0.39, 0.29) is 18.1 Å². The minimum absolute atomic E-state index is 0.0696. The average molecular weight is 378 g/mol. The first kappa shape index (κ1) is 16.2. The van der Waals surface area contributed by atoms with Gasteiger partial charge in [-0.15, -0.1) is 0 Å². The van der Waals surface area contributed by atoms with Crippen LogP contribution in [0.4, 0.5) is 0 Å². The van der Waals surface area contributed by atoms with E-state index in [2.05, 4.69) is 28.0 Å². The Kier molecular flexibility index (Phi) is 4.82. The minimum atomic E-state index is 0.0696. The molecule has 2 atom stereocenters. The van der Waals surface area contributed by atoms with E-state index >= 15 is 0 Å². The summed E-state index contributed by atoms with van der Waals surface area (Å²) in [7, 11) is 1.74. The molecule has 0 saturated carbocycles. The van der Waals surface area contributed by atoms with E-state index in [4.69, 9.17) is 4.74 Å². The van der Waals surface area contributed by atoms with Crippen LogP contribution < -0.4 is 0 Å². The maximum Gasteiger partial charge on any atom is 0.254 e. The second-order valence-corrected chi connectivity index (χ2v) is 6.80. The number of carbonyl (C=O) groups is 1. The zero-order valence-electron chi connectivity index (χ0n) is 13.3. The van der Waals surface area contributed by atoms with Gasteiger partial charge >= 0.3 is 0 Å². The van der Waals surface area contributed by atoms with Crippen molar-refractivity contribution >= 4 is 21.8 Å². The maximum absolute atomic E-state index is 12.8. The van der Waals surface area contributed by atoms with Crippen LogP contribution in [0.5, 0.6) is 0 Å². The number of likely N-dealkylation sites (tertiary alicyclic amines) is 1. The number of methoxy groups -OCH3 is 1. The molecule has 1 fully saturated rings. The highest BCUT2D eigenvalue weighted by molar-refractivity contribution is 9.10. The van der Waals surface area contributed by atoms with Gasteiger partial charge in [-0.2, -0.15) is 5.10 Å². The van der Waals surface area contributed by atoms with Gasteiger partial charge in [-0.1, -0.05) is 6.07 Å². The fourth-order valence-corrected chi connectivity index (χ4v) is 3.32.